The molecule has 0 radical (unpaired) electrons. The Morgan fingerprint density at radius 3 is 2.75 bits per heavy atom. The number of phenolic OH excluding ortho intramolecular Hbond substituents is 2. The van der Waals surface area contributed by atoms with Crippen LogP contribution in [-0.4, -0.2) is 23.3 Å². The topological polar surface area (TPSA) is 66.8 Å². The molecule has 0 aromatic heterocycles. The first kappa shape index (κ1) is 12.1. The van der Waals surface area contributed by atoms with E-state index in [2.05, 4.69) is 11.3 Å². The number of methoxy groups -OCH3 is 1. The SMILES string of the molecule is C=C(CCc1cccc(O)c1O)C(=O)OC. The Morgan fingerprint density at radius 1 is 1.44 bits per heavy atom. The van der Waals surface area contributed by atoms with E-state index in [4.69, 9.17) is 0 Å². The zero-order valence-electron chi connectivity index (χ0n) is 9.06. The smallest absolute Gasteiger partial charge is 0.333 e. The molecule has 4 heteroatoms. The first-order chi connectivity index (χ1) is 7.56. The van der Waals surface area contributed by atoms with Gasteiger partial charge in [0, 0.05) is 5.57 Å². The first-order valence-corrected chi connectivity index (χ1v) is 4.82. The molecule has 0 atom stereocenters. The molecule has 1 rings (SSSR count). The summed E-state index contributed by atoms with van der Waals surface area (Å²) in [7, 11) is 1.29. The first-order valence-electron chi connectivity index (χ1n) is 4.82. The zero-order chi connectivity index (χ0) is 12.1. The van der Waals surface area contributed by atoms with Gasteiger partial charge < -0.3 is 14.9 Å². The van der Waals surface area contributed by atoms with Crippen LogP contribution in [0.2, 0.25) is 0 Å². The predicted octanol–water partition coefficient (Wildman–Crippen LogP) is 1.76. The van der Waals surface area contributed by atoms with Gasteiger partial charge in [-0.2, -0.15) is 0 Å². The van der Waals surface area contributed by atoms with Gasteiger partial charge in [0.05, 0.1) is 7.11 Å². The highest BCUT2D eigenvalue weighted by Gasteiger charge is 2.10. The minimum Gasteiger partial charge on any atom is -0.504 e. The molecule has 4 nitrogen and oxygen atoms in total. The number of rotatable bonds is 4. The number of hydrogen-bond donors (Lipinski definition) is 2. The number of esters is 1. The fourth-order valence-corrected chi connectivity index (χ4v) is 1.31. The molecule has 0 unspecified atom stereocenters. The number of phenols is 2. The summed E-state index contributed by atoms with van der Waals surface area (Å²) in [5, 5.41) is 18.8. The number of benzene rings is 1. The molecular weight excluding hydrogens is 208 g/mol. The Labute approximate surface area is 93.8 Å². The van der Waals surface area contributed by atoms with Crippen LogP contribution < -0.4 is 0 Å². The van der Waals surface area contributed by atoms with Crippen molar-refractivity contribution in [3.8, 4) is 11.5 Å². The number of carbonyl (C=O) groups excluding carboxylic acids is 1. The van der Waals surface area contributed by atoms with Crippen molar-refractivity contribution in [1.82, 2.24) is 0 Å². The molecule has 0 aliphatic rings. The summed E-state index contributed by atoms with van der Waals surface area (Å²) in [4.78, 5) is 11.1. The maximum absolute atomic E-state index is 11.1. The van der Waals surface area contributed by atoms with Gasteiger partial charge in [-0.25, -0.2) is 4.79 Å². The summed E-state index contributed by atoms with van der Waals surface area (Å²) in [5.74, 6) is -0.777. The zero-order valence-corrected chi connectivity index (χ0v) is 9.06. The average molecular weight is 222 g/mol. The van der Waals surface area contributed by atoms with Crippen LogP contribution in [0.3, 0.4) is 0 Å². The summed E-state index contributed by atoms with van der Waals surface area (Å²) in [5.41, 5.74) is 0.912. The monoisotopic (exact) mass is 222 g/mol. The molecule has 0 amide bonds. The van der Waals surface area contributed by atoms with Crippen molar-refractivity contribution in [2.45, 2.75) is 12.8 Å². The molecular formula is C12H14O4. The molecule has 0 bridgehead atoms. The van der Waals surface area contributed by atoms with Gasteiger partial charge >= 0.3 is 5.97 Å². The van der Waals surface area contributed by atoms with Crippen molar-refractivity contribution in [2.75, 3.05) is 7.11 Å². The fourth-order valence-electron chi connectivity index (χ4n) is 1.31. The van der Waals surface area contributed by atoms with Gasteiger partial charge in [0.15, 0.2) is 11.5 Å². The van der Waals surface area contributed by atoms with Gasteiger partial charge in [-0.15, -0.1) is 0 Å². The number of aryl methyl sites for hydroxylation is 1. The largest absolute Gasteiger partial charge is 0.504 e. The van der Waals surface area contributed by atoms with Crippen molar-refractivity contribution >= 4 is 5.97 Å². The molecule has 0 saturated heterocycles. The summed E-state index contributed by atoms with van der Waals surface area (Å²) in [6.45, 7) is 3.57. The van der Waals surface area contributed by atoms with E-state index in [1.807, 2.05) is 0 Å². The standard InChI is InChI=1S/C12H14O4/c1-8(12(15)16-2)6-7-9-4-3-5-10(13)11(9)14/h3-5,13-14H,1,6-7H2,2H3. The van der Waals surface area contributed by atoms with Gasteiger partial charge in [0.1, 0.15) is 0 Å². The number of aromatic hydroxyl groups is 2. The van der Waals surface area contributed by atoms with Crippen LogP contribution >= 0.6 is 0 Å². The lowest BCUT2D eigenvalue weighted by Crippen LogP contribution is -2.04. The summed E-state index contributed by atoms with van der Waals surface area (Å²) in [6.07, 6.45) is 0.803. The molecule has 1 aromatic rings. The van der Waals surface area contributed by atoms with Crippen LogP contribution in [-0.2, 0) is 16.0 Å². The van der Waals surface area contributed by atoms with Crippen molar-refractivity contribution in [3.63, 3.8) is 0 Å². The van der Waals surface area contributed by atoms with E-state index >= 15 is 0 Å². The second-order valence-corrected chi connectivity index (χ2v) is 3.38. The third kappa shape index (κ3) is 2.76. The molecule has 0 aliphatic heterocycles. The van der Waals surface area contributed by atoms with E-state index < -0.39 is 5.97 Å². The Balaban J connectivity index is 2.65. The highest BCUT2D eigenvalue weighted by molar-refractivity contribution is 5.87. The number of ether oxygens (including phenoxy) is 1. The molecule has 2 N–H and O–H groups in total. The second kappa shape index (κ2) is 5.21. The van der Waals surface area contributed by atoms with Crippen LogP contribution in [0.15, 0.2) is 30.4 Å². The van der Waals surface area contributed by atoms with E-state index in [9.17, 15) is 15.0 Å². The Kier molecular flexibility index (Phi) is 3.94. The van der Waals surface area contributed by atoms with E-state index in [1.54, 1.807) is 12.1 Å². The summed E-state index contributed by atoms with van der Waals surface area (Å²) >= 11 is 0. The van der Waals surface area contributed by atoms with Crippen molar-refractivity contribution < 1.29 is 19.7 Å². The number of carbonyl (C=O) groups is 1. The molecule has 0 spiro atoms. The number of para-hydroxylation sites is 1. The third-order valence-electron chi connectivity index (χ3n) is 2.27. The lowest BCUT2D eigenvalue weighted by Gasteiger charge is -2.06. The van der Waals surface area contributed by atoms with Crippen LogP contribution in [0.25, 0.3) is 0 Å². The molecule has 0 aliphatic carbocycles. The van der Waals surface area contributed by atoms with Gasteiger partial charge in [0.25, 0.3) is 0 Å². The lowest BCUT2D eigenvalue weighted by atomic mass is 10.0. The van der Waals surface area contributed by atoms with Crippen molar-refractivity contribution in [2.24, 2.45) is 0 Å². The quantitative estimate of drug-likeness (QED) is 0.463. The normalized spacial score (nSPS) is 9.81. The molecule has 16 heavy (non-hydrogen) atoms. The Morgan fingerprint density at radius 2 is 2.12 bits per heavy atom. The van der Waals surface area contributed by atoms with Crippen LogP contribution in [0.4, 0.5) is 0 Å². The van der Waals surface area contributed by atoms with Gasteiger partial charge in [0.2, 0.25) is 0 Å². The minimum absolute atomic E-state index is 0.153. The van der Waals surface area contributed by atoms with E-state index in [0.29, 0.717) is 24.0 Å². The van der Waals surface area contributed by atoms with Gasteiger partial charge in [-0.05, 0) is 24.5 Å². The minimum atomic E-state index is -0.459. The van der Waals surface area contributed by atoms with E-state index in [0.717, 1.165) is 0 Å². The predicted molar refractivity (Wildman–Crippen MR) is 59.2 cm³/mol. The van der Waals surface area contributed by atoms with E-state index in [1.165, 1.54) is 13.2 Å². The molecule has 86 valence electrons. The highest BCUT2D eigenvalue weighted by atomic mass is 16.5. The van der Waals surface area contributed by atoms with Gasteiger partial charge in [-0.1, -0.05) is 18.7 Å². The second-order valence-electron chi connectivity index (χ2n) is 3.38. The molecule has 0 fully saturated rings. The maximum atomic E-state index is 11.1. The highest BCUT2D eigenvalue weighted by Crippen LogP contribution is 2.29. The molecule has 0 heterocycles. The Hall–Kier alpha value is -1.97. The van der Waals surface area contributed by atoms with E-state index in [-0.39, 0.29) is 11.5 Å². The summed E-state index contributed by atoms with van der Waals surface area (Å²) < 4.78 is 4.50. The Bertz CT molecular complexity index is 409. The molecule has 1 aromatic carbocycles. The maximum Gasteiger partial charge on any atom is 0.333 e. The third-order valence-corrected chi connectivity index (χ3v) is 2.27. The molecule has 0 saturated carbocycles. The number of hydrogen-bond acceptors (Lipinski definition) is 4. The van der Waals surface area contributed by atoms with Gasteiger partial charge in [-0.3, -0.25) is 0 Å². The lowest BCUT2D eigenvalue weighted by molar-refractivity contribution is -0.136. The summed E-state index contributed by atoms with van der Waals surface area (Å²) in [6, 6.07) is 4.71. The van der Waals surface area contributed by atoms with Crippen LogP contribution in [0.1, 0.15) is 12.0 Å². The fraction of sp³-hybridized carbons (Fsp3) is 0.250. The van der Waals surface area contributed by atoms with Crippen molar-refractivity contribution in [1.29, 1.82) is 0 Å². The van der Waals surface area contributed by atoms with Crippen LogP contribution in [0, 0.1) is 0 Å². The average Bonchev–Trinajstić information content (AvgIpc) is 2.29. The van der Waals surface area contributed by atoms with Crippen molar-refractivity contribution in [3.05, 3.63) is 35.9 Å². The van der Waals surface area contributed by atoms with Crippen LogP contribution in [0.5, 0.6) is 11.5 Å².